The van der Waals surface area contributed by atoms with Gasteiger partial charge < -0.3 is 4.90 Å². The van der Waals surface area contributed by atoms with E-state index in [0.29, 0.717) is 4.90 Å². The first-order chi connectivity index (χ1) is 13.4. The van der Waals surface area contributed by atoms with Crippen molar-refractivity contribution < 1.29 is 26.4 Å². The number of nitrogens with one attached hydrogen (secondary N) is 1. The molecule has 0 atom stereocenters. The molecule has 2 rings (SSSR count). The van der Waals surface area contributed by atoms with Crippen molar-refractivity contribution in [1.29, 1.82) is 0 Å². The Morgan fingerprint density at radius 1 is 1.14 bits per heavy atom. The molecule has 0 aliphatic rings. The zero-order valence-corrected chi connectivity index (χ0v) is 17.0. The number of rotatable bonds is 7. The summed E-state index contributed by atoms with van der Waals surface area (Å²) in [5.74, 6) is -0.866. The van der Waals surface area contributed by atoms with E-state index in [-0.39, 0.29) is 32.7 Å². The predicted octanol–water partition coefficient (Wildman–Crippen LogP) is 4.98. The molecule has 0 aliphatic carbocycles. The first-order valence-corrected chi connectivity index (χ1v) is 10.2. The third kappa shape index (κ3) is 6.38. The first kappa shape index (κ1) is 23.1. The van der Waals surface area contributed by atoms with Crippen LogP contribution in [0.15, 0.2) is 60.0 Å². The molecular formula is C18H15Cl2F3N2O3S. The summed E-state index contributed by atoms with van der Waals surface area (Å²) in [7, 11) is -4.07. The van der Waals surface area contributed by atoms with Crippen LogP contribution in [0.25, 0.3) is 0 Å². The van der Waals surface area contributed by atoms with Gasteiger partial charge in [0.1, 0.15) is 11.4 Å². The molecule has 5 nitrogen and oxygen atoms in total. The van der Waals surface area contributed by atoms with E-state index in [2.05, 4.69) is 11.3 Å². The van der Waals surface area contributed by atoms with Gasteiger partial charge >= 0.3 is 6.18 Å². The largest absolute Gasteiger partial charge is 0.406 e. The predicted molar refractivity (Wildman–Crippen MR) is 106 cm³/mol. The van der Waals surface area contributed by atoms with Crippen molar-refractivity contribution in [2.45, 2.75) is 11.1 Å². The highest BCUT2D eigenvalue weighted by Crippen LogP contribution is 2.27. The Morgan fingerprint density at radius 2 is 1.76 bits per heavy atom. The second-order valence-corrected chi connectivity index (χ2v) is 8.34. The van der Waals surface area contributed by atoms with E-state index in [0.717, 1.165) is 0 Å². The summed E-state index contributed by atoms with van der Waals surface area (Å²) >= 11 is 11.7. The standard InChI is InChI=1S/C18H15Cl2F3N2O3S/c1-2-9-25(11-18(21,22)23)17(26)12-3-6-14(7-4-12)24-29(27,28)16-10-13(19)5-8-15(16)20/h2-8,10,24H,1,9,11H2. The minimum absolute atomic E-state index is 0.0408. The molecule has 29 heavy (non-hydrogen) atoms. The minimum atomic E-state index is -4.57. The summed E-state index contributed by atoms with van der Waals surface area (Å²) in [6.45, 7) is 1.62. The molecule has 0 saturated carbocycles. The topological polar surface area (TPSA) is 66.5 Å². The molecule has 1 N–H and O–H groups in total. The van der Waals surface area contributed by atoms with Crippen LogP contribution in [0.1, 0.15) is 10.4 Å². The molecule has 0 radical (unpaired) electrons. The van der Waals surface area contributed by atoms with Gasteiger partial charge in [0.25, 0.3) is 15.9 Å². The summed E-state index contributed by atoms with van der Waals surface area (Å²) in [5.41, 5.74) is 0.0449. The maximum atomic E-state index is 12.7. The lowest BCUT2D eigenvalue weighted by molar-refractivity contribution is -0.139. The van der Waals surface area contributed by atoms with Crippen molar-refractivity contribution >= 4 is 44.8 Å². The Balaban J connectivity index is 2.22. The number of nitrogens with zero attached hydrogens (tertiary/aromatic N) is 1. The van der Waals surface area contributed by atoms with Crippen LogP contribution in [-0.2, 0) is 10.0 Å². The van der Waals surface area contributed by atoms with Gasteiger partial charge in [0.05, 0.1) is 5.02 Å². The molecule has 1 amide bonds. The fourth-order valence-corrected chi connectivity index (χ4v) is 4.17. The lowest BCUT2D eigenvalue weighted by Gasteiger charge is -2.22. The second-order valence-electron chi connectivity index (χ2n) is 5.85. The van der Waals surface area contributed by atoms with Crippen molar-refractivity contribution in [2.24, 2.45) is 0 Å². The van der Waals surface area contributed by atoms with Crippen molar-refractivity contribution in [3.63, 3.8) is 0 Å². The van der Waals surface area contributed by atoms with E-state index in [4.69, 9.17) is 23.2 Å². The van der Waals surface area contributed by atoms with Crippen molar-refractivity contribution in [1.82, 2.24) is 4.90 Å². The SMILES string of the molecule is C=CCN(CC(F)(F)F)C(=O)c1ccc(NS(=O)(=O)c2cc(Cl)ccc2Cl)cc1. The lowest BCUT2D eigenvalue weighted by Crippen LogP contribution is -2.39. The fourth-order valence-electron chi connectivity index (χ4n) is 2.35. The molecule has 0 aliphatic heterocycles. The second kappa shape index (κ2) is 9.06. The van der Waals surface area contributed by atoms with Crippen LogP contribution in [0.5, 0.6) is 0 Å². The van der Waals surface area contributed by atoms with E-state index in [1.807, 2.05) is 0 Å². The van der Waals surface area contributed by atoms with Gasteiger partial charge in [-0.1, -0.05) is 29.3 Å². The zero-order valence-electron chi connectivity index (χ0n) is 14.7. The van der Waals surface area contributed by atoms with Crippen LogP contribution >= 0.6 is 23.2 Å². The summed E-state index contributed by atoms with van der Waals surface area (Å²) < 4.78 is 65.2. The number of alkyl halides is 3. The molecule has 11 heteroatoms. The number of sulfonamides is 1. The number of carbonyl (C=O) groups excluding carboxylic acids is 1. The van der Waals surface area contributed by atoms with Gasteiger partial charge in [-0.15, -0.1) is 6.58 Å². The highest BCUT2D eigenvalue weighted by molar-refractivity contribution is 7.92. The minimum Gasteiger partial charge on any atom is -0.326 e. The highest BCUT2D eigenvalue weighted by Gasteiger charge is 2.32. The van der Waals surface area contributed by atoms with Gasteiger partial charge in [-0.25, -0.2) is 8.42 Å². The van der Waals surface area contributed by atoms with Crippen molar-refractivity contribution in [3.05, 3.63) is 70.7 Å². The number of hydrogen-bond donors (Lipinski definition) is 1. The van der Waals surface area contributed by atoms with Gasteiger partial charge in [0, 0.05) is 22.8 Å². The Morgan fingerprint density at radius 3 is 2.31 bits per heavy atom. The van der Waals surface area contributed by atoms with Crippen LogP contribution in [0.2, 0.25) is 10.0 Å². The van der Waals surface area contributed by atoms with Crippen molar-refractivity contribution in [2.75, 3.05) is 17.8 Å². The lowest BCUT2D eigenvalue weighted by atomic mass is 10.2. The molecule has 0 fully saturated rings. The average Bonchev–Trinajstić information content (AvgIpc) is 2.62. The van der Waals surface area contributed by atoms with E-state index < -0.39 is 28.7 Å². The number of benzene rings is 2. The van der Waals surface area contributed by atoms with Crippen LogP contribution in [0.3, 0.4) is 0 Å². The number of hydrogen-bond acceptors (Lipinski definition) is 3. The van der Waals surface area contributed by atoms with E-state index in [9.17, 15) is 26.4 Å². The molecule has 0 saturated heterocycles. The van der Waals surface area contributed by atoms with Gasteiger partial charge in [-0.05, 0) is 42.5 Å². The number of halogens is 5. The zero-order chi connectivity index (χ0) is 21.8. The van der Waals surface area contributed by atoms with Gasteiger partial charge in [0.15, 0.2) is 0 Å². The highest BCUT2D eigenvalue weighted by atomic mass is 35.5. The van der Waals surface area contributed by atoms with Gasteiger partial charge in [-0.3, -0.25) is 9.52 Å². The maximum absolute atomic E-state index is 12.7. The molecular weight excluding hydrogens is 452 g/mol. The Bertz CT molecular complexity index is 1010. The monoisotopic (exact) mass is 466 g/mol. The third-order valence-corrected chi connectivity index (χ3v) is 5.67. The molecule has 0 bridgehead atoms. The first-order valence-electron chi connectivity index (χ1n) is 7.98. The summed E-state index contributed by atoms with van der Waals surface area (Å²) in [6, 6.07) is 8.87. The van der Waals surface area contributed by atoms with Crippen molar-refractivity contribution in [3.8, 4) is 0 Å². The van der Waals surface area contributed by atoms with E-state index in [1.54, 1.807) is 0 Å². The summed E-state index contributed by atoms with van der Waals surface area (Å²) in [4.78, 5) is 12.7. The van der Waals surface area contributed by atoms with Gasteiger partial charge in [-0.2, -0.15) is 13.2 Å². The molecule has 0 heterocycles. The number of carbonyl (C=O) groups is 1. The Labute approximate surface area is 175 Å². The number of anilines is 1. The Kier molecular flexibility index (Phi) is 7.20. The fraction of sp³-hybridized carbons (Fsp3) is 0.167. The molecule has 2 aromatic rings. The number of amides is 1. The summed E-state index contributed by atoms with van der Waals surface area (Å²) in [6.07, 6.45) is -3.38. The van der Waals surface area contributed by atoms with Crippen LogP contribution in [-0.4, -0.2) is 38.5 Å². The molecule has 2 aromatic carbocycles. The third-order valence-electron chi connectivity index (χ3n) is 3.57. The van der Waals surface area contributed by atoms with E-state index in [1.165, 1.54) is 48.5 Å². The summed E-state index contributed by atoms with van der Waals surface area (Å²) in [5, 5.41) is 0.128. The Hall–Kier alpha value is -2.23. The smallest absolute Gasteiger partial charge is 0.326 e. The molecule has 0 spiro atoms. The van der Waals surface area contributed by atoms with Crippen LogP contribution in [0, 0.1) is 0 Å². The maximum Gasteiger partial charge on any atom is 0.406 e. The van der Waals surface area contributed by atoms with Crippen LogP contribution in [0.4, 0.5) is 18.9 Å². The van der Waals surface area contributed by atoms with Crippen LogP contribution < -0.4 is 4.72 Å². The van der Waals surface area contributed by atoms with Gasteiger partial charge in [0.2, 0.25) is 0 Å². The van der Waals surface area contributed by atoms with E-state index >= 15 is 0 Å². The normalized spacial score (nSPS) is 11.8. The quantitative estimate of drug-likeness (QED) is 0.584. The molecule has 0 aromatic heterocycles. The molecule has 156 valence electrons. The molecule has 0 unspecified atom stereocenters. The average molecular weight is 467 g/mol.